The second-order valence-electron chi connectivity index (χ2n) is 6.05. The van der Waals surface area contributed by atoms with Crippen LogP contribution in [0.5, 0.6) is 0 Å². The number of hydrogen-bond donors (Lipinski definition) is 2. The zero-order chi connectivity index (χ0) is 17.5. The summed E-state index contributed by atoms with van der Waals surface area (Å²) in [4.78, 5) is 28.3. The first kappa shape index (κ1) is 17.6. The molecule has 2 aromatic rings. The summed E-state index contributed by atoms with van der Waals surface area (Å²) in [5, 5.41) is 9.29. The van der Waals surface area contributed by atoms with E-state index in [2.05, 4.69) is 37.3 Å². The molecule has 3 amide bonds. The molecular weight excluding hydrogens is 336 g/mol. The Balaban J connectivity index is 1.36. The molecule has 7 heteroatoms. The number of anilines is 1. The second-order valence-corrected chi connectivity index (χ2v) is 6.83. The van der Waals surface area contributed by atoms with E-state index in [0.29, 0.717) is 5.69 Å². The number of para-hydroxylation sites is 1. The molecule has 1 aromatic carbocycles. The van der Waals surface area contributed by atoms with Gasteiger partial charge in [-0.15, -0.1) is 0 Å². The van der Waals surface area contributed by atoms with Gasteiger partial charge in [0, 0.05) is 38.4 Å². The monoisotopic (exact) mass is 358 g/mol. The van der Waals surface area contributed by atoms with E-state index in [1.165, 1.54) is 5.56 Å². The van der Waals surface area contributed by atoms with Gasteiger partial charge < -0.3 is 5.32 Å². The van der Waals surface area contributed by atoms with Crippen LogP contribution in [0.15, 0.2) is 47.2 Å². The lowest BCUT2D eigenvalue weighted by atomic mass is 10.2. The van der Waals surface area contributed by atoms with Gasteiger partial charge in [-0.05, 0) is 34.5 Å². The normalized spacial score (nSPS) is 15.7. The topological polar surface area (TPSA) is 64.7 Å². The minimum Gasteiger partial charge on any atom is -0.308 e. The van der Waals surface area contributed by atoms with E-state index >= 15 is 0 Å². The molecule has 1 saturated heterocycles. The molecule has 0 spiro atoms. The number of hydrogen-bond acceptors (Lipinski definition) is 5. The summed E-state index contributed by atoms with van der Waals surface area (Å²) in [5.74, 6) is -0.278. The van der Waals surface area contributed by atoms with Gasteiger partial charge in [0.25, 0.3) is 0 Å². The average molecular weight is 358 g/mol. The highest BCUT2D eigenvalue weighted by molar-refractivity contribution is 7.07. The van der Waals surface area contributed by atoms with E-state index in [1.807, 2.05) is 18.2 Å². The largest absolute Gasteiger partial charge is 0.325 e. The predicted octanol–water partition coefficient (Wildman–Crippen LogP) is 2.21. The van der Waals surface area contributed by atoms with Crippen LogP contribution in [0.2, 0.25) is 0 Å². The molecule has 25 heavy (non-hydrogen) atoms. The van der Waals surface area contributed by atoms with Crippen LogP contribution >= 0.6 is 11.3 Å². The third-order valence-electron chi connectivity index (χ3n) is 4.10. The van der Waals surface area contributed by atoms with E-state index in [-0.39, 0.29) is 12.5 Å². The van der Waals surface area contributed by atoms with E-state index in [0.717, 1.165) is 32.7 Å². The number of urea groups is 1. The smallest absolute Gasteiger partial charge is 0.308 e. The Kier molecular flexibility index (Phi) is 6.16. The number of carbonyl (C=O) groups is 2. The molecule has 0 bridgehead atoms. The SMILES string of the molecule is O=C(CN1CCN(Cc2ccsc2)CC1)NC(=O)Nc1ccccc1. The number of imide groups is 1. The van der Waals surface area contributed by atoms with Crippen molar-refractivity contribution in [2.45, 2.75) is 6.54 Å². The zero-order valence-electron chi connectivity index (χ0n) is 14.0. The van der Waals surface area contributed by atoms with E-state index in [1.54, 1.807) is 23.5 Å². The number of carbonyl (C=O) groups excluding carboxylic acids is 2. The minimum absolute atomic E-state index is 0.245. The average Bonchev–Trinajstić information content (AvgIpc) is 3.10. The molecule has 0 aliphatic carbocycles. The number of piperazine rings is 1. The maximum absolute atomic E-state index is 12.0. The van der Waals surface area contributed by atoms with Gasteiger partial charge in [0.05, 0.1) is 6.54 Å². The number of benzene rings is 1. The Labute approximate surface area is 151 Å². The summed E-state index contributed by atoms with van der Waals surface area (Å²) in [7, 11) is 0. The summed E-state index contributed by atoms with van der Waals surface area (Å²) in [6.45, 7) is 4.73. The molecule has 1 aromatic heterocycles. The van der Waals surface area contributed by atoms with E-state index < -0.39 is 6.03 Å². The number of thiophene rings is 1. The summed E-state index contributed by atoms with van der Waals surface area (Å²) >= 11 is 1.72. The maximum Gasteiger partial charge on any atom is 0.325 e. The Morgan fingerprint density at radius 1 is 1.00 bits per heavy atom. The summed E-state index contributed by atoms with van der Waals surface area (Å²) < 4.78 is 0. The van der Waals surface area contributed by atoms with Gasteiger partial charge in [-0.3, -0.25) is 19.9 Å². The third-order valence-corrected chi connectivity index (χ3v) is 4.84. The first-order chi connectivity index (χ1) is 12.2. The molecule has 0 saturated carbocycles. The Morgan fingerprint density at radius 3 is 2.40 bits per heavy atom. The lowest BCUT2D eigenvalue weighted by Crippen LogP contribution is -2.50. The van der Waals surface area contributed by atoms with Gasteiger partial charge in [-0.1, -0.05) is 18.2 Å². The predicted molar refractivity (Wildman–Crippen MR) is 99.6 cm³/mol. The second kappa shape index (κ2) is 8.75. The lowest BCUT2D eigenvalue weighted by Gasteiger charge is -2.34. The molecule has 0 atom stereocenters. The molecule has 132 valence electrons. The van der Waals surface area contributed by atoms with Crippen molar-refractivity contribution in [2.24, 2.45) is 0 Å². The summed E-state index contributed by atoms with van der Waals surface area (Å²) in [6.07, 6.45) is 0. The molecule has 1 aliphatic rings. The van der Waals surface area contributed by atoms with Crippen molar-refractivity contribution in [1.82, 2.24) is 15.1 Å². The lowest BCUT2D eigenvalue weighted by molar-refractivity contribution is -0.121. The van der Waals surface area contributed by atoms with Crippen LogP contribution in [0.3, 0.4) is 0 Å². The number of nitrogens with one attached hydrogen (secondary N) is 2. The van der Waals surface area contributed by atoms with Crippen molar-refractivity contribution >= 4 is 29.0 Å². The van der Waals surface area contributed by atoms with Gasteiger partial charge in [-0.25, -0.2) is 4.79 Å². The minimum atomic E-state index is -0.493. The van der Waals surface area contributed by atoms with Gasteiger partial charge in [0.2, 0.25) is 5.91 Å². The standard InChI is InChI=1S/C18H22N4O2S/c23-17(20-18(24)19-16-4-2-1-3-5-16)13-22-9-7-21(8-10-22)12-15-6-11-25-14-15/h1-6,11,14H,7-10,12-13H2,(H2,19,20,23,24). The fourth-order valence-electron chi connectivity index (χ4n) is 2.80. The Bertz CT molecular complexity index is 682. The van der Waals surface area contributed by atoms with Crippen molar-refractivity contribution in [2.75, 3.05) is 38.0 Å². The van der Waals surface area contributed by atoms with E-state index in [4.69, 9.17) is 0 Å². The molecule has 2 N–H and O–H groups in total. The van der Waals surface area contributed by atoms with Gasteiger partial charge in [0.15, 0.2) is 0 Å². The quantitative estimate of drug-likeness (QED) is 0.860. The van der Waals surface area contributed by atoms with Crippen LogP contribution in [-0.4, -0.2) is 54.5 Å². The molecular formula is C18H22N4O2S. The highest BCUT2D eigenvalue weighted by Gasteiger charge is 2.20. The third kappa shape index (κ3) is 5.67. The van der Waals surface area contributed by atoms with Crippen LogP contribution in [-0.2, 0) is 11.3 Å². The Hall–Kier alpha value is -2.22. The molecule has 6 nitrogen and oxygen atoms in total. The van der Waals surface area contributed by atoms with E-state index in [9.17, 15) is 9.59 Å². The van der Waals surface area contributed by atoms with Crippen molar-refractivity contribution in [1.29, 1.82) is 0 Å². The van der Waals surface area contributed by atoms with Crippen molar-refractivity contribution in [3.63, 3.8) is 0 Å². The van der Waals surface area contributed by atoms with Crippen LogP contribution in [0, 0.1) is 0 Å². The number of nitrogens with zero attached hydrogens (tertiary/aromatic N) is 2. The van der Waals surface area contributed by atoms with Crippen LogP contribution < -0.4 is 10.6 Å². The van der Waals surface area contributed by atoms with Crippen molar-refractivity contribution in [3.05, 3.63) is 52.7 Å². The number of amides is 3. The molecule has 0 radical (unpaired) electrons. The molecule has 1 aliphatic heterocycles. The number of rotatable bonds is 5. The van der Waals surface area contributed by atoms with Gasteiger partial charge in [-0.2, -0.15) is 11.3 Å². The van der Waals surface area contributed by atoms with Crippen LogP contribution in [0.1, 0.15) is 5.56 Å². The van der Waals surface area contributed by atoms with Crippen molar-refractivity contribution in [3.8, 4) is 0 Å². The molecule has 3 rings (SSSR count). The van der Waals surface area contributed by atoms with Crippen LogP contribution in [0.4, 0.5) is 10.5 Å². The molecule has 2 heterocycles. The molecule has 1 fully saturated rings. The summed E-state index contributed by atoms with van der Waals surface area (Å²) in [6, 6.07) is 10.7. The molecule has 0 unspecified atom stereocenters. The maximum atomic E-state index is 12.0. The first-order valence-electron chi connectivity index (χ1n) is 8.31. The first-order valence-corrected chi connectivity index (χ1v) is 9.25. The fraction of sp³-hybridized carbons (Fsp3) is 0.333. The summed E-state index contributed by atoms with van der Waals surface area (Å²) in [5.41, 5.74) is 2.00. The van der Waals surface area contributed by atoms with Gasteiger partial charge in [0.1, 0.15) is 0 Å². The fourth-order valence-corrected chi connectivity index (χ4v) is 3.46. The highest BCUT2D eigenvalue weighted by atomic mass is 32.1. The highest BCUT2D eigenvalue weighted by Crippen LogP contribution is 2.11. The van der Waals surface area contributed by atoms with Crippen LogP contribution in [0.25, 0.3) is 0 Å². The van der Waals surface area contributed by atoms with Crippen molar-refractivity contribution < 1.29 is 9.59 Å². The zero-order valence-corrected chi connectivity index (χ0v) is 14.8. The Morgan fingerprint density at radius 2 is 1.72 bits per heavy atom. The van der Waals surface area contributed by atoms with Gasteiger partial charge >= 0.3 is 6.03 Å².